The zero-order chi connectivity index (χ0) is 22.6. The molecule has 0 spiro atoms. The number of aryl methyl sites for hydroxylation is 3. The van der Waals surface area contributed by atoms with Crippen molar-refractivity contribution in [2.75, 3.05) is 0 Å². The van der Waals surface area contributed by atoms with Gasteiger partial charge in [0.2, 0.25) is 0 Å². The van der Waals surface area contributed by atoms with Crippen LogP contribution in [0.1, 0.15) is 36.1 Å². The summed E-state index contributed by atoms with van der Waals surface area (Å²) in [5.74, 6) is 0.470. The number of benzene rings is 3. The van der Waals surface area contributed by atoms with Crippen LogP contribution in [0.25, 0.3) is 33.1 Å². The zero-order valence-corrected chi connectivity index (χ0v) is 19.5. The van der Waals surface area contributed by atoms with Gasteiger partial charge in [-0.25, -0.2) is 0 Å². The average molecular weight is 420 g/mol. The van der Waals surface area contributed by atoms with Gasteiger partial charge >= 0.3 is 0 Å². The molecule has 0 amide bonds. The first-order chi connectivity index (χ1) is 15.3. The minimum Gasteiger partial charge on any atom is -0.287 e. The van der Waals surface area contributed by atoms with Crippen LogP contribution in [-0.2, 0) is 0 Å². The number of hydrogen-bond donors (Lipinski definition) is 0. The second-order valence-corrected chi connectivity index (χ2v) is 9.21. The molecule has 0 fully saturated rings. The molecule has 0 saturated carbocycles. The Morgan fingerprint density at radius 1 is 0.969 bits per heavy atom. The van der Waals surface area contributed by atoms with Gasteiger partial charge in [0.1, 0.15) is 12.2 Å². The Labute approximate surface area is 190 Å². The first-order valence-corrected chi connectivity index (χ1v) is 11.2. The minimum absolute atomic E-state index is 0.470. The molecule has 160 valence electrons. The molecular formula is C30H29NO. The maximum absolute atomic E-state index is 6.34. The molecule has 4 aromatic rings. The number of furan rings is 1. The smallest absolute Gasteiger partial charge is 0.278 e. The third-order valence-electron chi connectivity index (χ3n) is 6.59. The van der Waals surface area contributed by atoms with Crippen LogP contribution in [-0.4, -0.2) is 11.3 Å². The van der Waals surface area contributed by atoms with Crippen LogP contribution in [0, 0.1) is 32.7 Å². The van der Waals surface area contributed by atoms with E-state index in [1.165, 1.54) is 39.0 Å². The molecular weight excluding hydrogens is 390 g/mol. The van der Waals surface area contributed by atoms with Crippen LogP contribution >= 0.6 is 0 Å². The highest BCUT2D eigenvalue weighted by Crippen LogP contribution is 2.37. The Hall–Kier alpha value is -3.52. The summed E-state index contributed by atoms with van der Waals surface area (Å²) in [7, 11) is 0. The van der Waals surface area contributed by atoms with E-state index in [4.69, 9.17) is 4.42 Å². The van der Waals surface area contributed by atoms with Crippen molar-refractivity contribution in [2.45, 2.75) is 34.6 Å². The Morgan fingerprint density at radius 2 is 1.72 bits per heavy atom. The summed E-state index contributed by atoms with van der Waals surface area (Å²) in [6, 6.07) is 18.6. The highest BCUT2D eigenvalue weighted by atomic mass is 16.3. The molecule has 0 unspecified atom stereocenters. The number of fused-ring (bicyclic) bond motifs is 3. The molecule has 0 N–H and O–H groups in total. The molecule has 0 saturated heterocycles. The van der Waals surface area contributed by atoms with Crippen molar-refractivity contribution in [3.63, 3.8) is 0 Å². The number of nitrogens with zero attached hydrogens (tertiary/aromatic N) is 1. The maximum Gasteiger partial charge on any atom is 0.278 e. The Balaban J connectivity index is 1.66. The lowest BCUT2D eigenvalue weighted by molar-refractivity contribution is -0.418. The summed E-state index contributed by atoms with van der Waals surface area (Å²) < 4.78 is 8.30. The predicted octanol–water partition coefficient (Wildman–Crippen LogP) is 7.88. The Bertz CT molecular complexity index is 1420. The summed E-state index contributed by atoms with van der Waals surface area (Å²) in [6.45, 7) is 15.1. The third kappa shape index (κ3) is 3.27. The van der Waals surface area contributed by atoms with E-state index in [2.05, 4.69) is 108 Å². The first-order valence-electron chi connectivity index (χ1n) is 11.2. The summed E-state index contributed by atoms with van der Waals surface area (Å²) >= 11 is 0. The molecule has 1 aromatic heterocycles. The molecule has 2 heteroatoms. The van der Waals surface area contributed by atoms with E-state index < -0.39 is 0 Å². The molecule has 1 aliphatic heterocycles. The fourth-order valence-electron chi connectivity index (χ4n) is 4.76. The quantitative estimate of drug-likeness (QED) is 0.187. The largest absolute Gasteiger partial charge is 0.287 e. The molecule has 5 rings (SSSR count). The van der Waals surface area contributed by atoms with Gasteiger partial charge in [-0.1, -0.05) is 72.9 Å². The number of rotatable bonds is 3. The van der Waals surface area contributed by atoms with E-state index in [0.29, 0.717) is 5.92 Å². The Morgan fingerprint density at radius 3 is 2.44 bits per heavy atom. The van der Waals surface area contributed by atoms with Gasteiger partial charge in [0.15, 0.2) is 0 Å². The molecule has 1 aliphatic rings. The van der Waals surface area contributed by atoms with E-state index in [-0.39, 0.29) is 0 Å². The highest BCUT2D eigenvalue weighted by molar-refractivity contribution is 6.06. The van der Waals surface area contributed by atoms with Gasteiger partial charge in [-0.3, -0.25) is 8.99 Å². The summed E-state index contributed by atoms with van der Waals surface area (Å²) in [6.07, 6.45) is 6.46. The van der Waals surface area contributed by atoms with E-state index in [1.807, 2.05) is 4.58 Å². The van der Waals surface area contributed by atoms with Crippen molar-refractivity contribution in [1.82, 2.24) is 0 Å². The van der Waals surface area contributed by atoms with Crippen molar-refractivity contribution < 1.29 is 8.99 Å². The van der Waals surface area contributed by atoms with Crippen molar-refractivity contribution in [2.24, 2.45) is 5.92 Å². The molecule has 0 bridgehead atoms. The van der Waals surface area contributed by atoms with E-state index in [9.17, 15) is 0 Å². The lowest BCUT2D eigenvalue weighted by Crippen LogP contribution is -2.16. The van der Waals surface area contributed by atoms with Gasteiger partial charge in [0.25, 0.3) is 11.2 Å². The van der Waals surface area contributed by atoms with Gasteiger partial charge in [0, 0.05) is 0 Å². The van der Waals surface area contributed by atoms with E-state index >= 15 is 0 Å². The lowest BCUT2D eigenvalue weighted by atomic mass is 9.91. The summed E-state index contributed by atoms with van der Waals surface area (Å²) in [5.41, 5.74) is 10.6. The third-order valence-corrected chi connectivity index (χ3v) is 6.59. The normalized spacial score (nSPS) is 14.1. The average Bonchev–Trinajstić information content (AvgIpc) is 3.09. The number of hydrogen-bond acceptors (Lipinski definition) is 0. The van der Waals surface area contributed by atoms with Gasteiger partial charge in [-0.2, -0.15) is 0 Å². The van der Waals surface area contributed by atoms with Crippen LogP contribution in [0.5, 0.6) is 0 Å². The van der Waals surface area contributed by atoms with Gasteiger partial charge < -0.3 is 0 Å². The molecule has 0 atom stereocenters. The SMILES string of the molecule is C=[N+]1C=CC(C(C)C)=C[C-]1c1cc2c(cc1C)[o+][c-]1cc(-c3c(C)cccc3C)ccc21. The van der Waals surface area contributed by atoms with Gasteiger partial charge in [-0.15, -0.1) is 18.2 Å². The molecule has 32 heavy (non-hydrogen) atoms. The van der Waals surface area contributed by atoms with Crippen LogP contribution in [0.2, 0.25) is 0 Å². The maximum atomic E-state index is 6.34. The topological polar surface area (TPSA) is 14.3 Å². The van der Waals surface area contributed by atoms with Crippen molar-refractivity contribution >= 4 is 28.7 Å². The van der Waals surface area contributed by atoms with Crippen molar-refractivity contribution in [3.05, 3.63) is 101 Å². The highest BCUT2D eigenvalue weighted by Gasteiger charge is 2.21. The van der Waals surface area contributed by atoms with E-state index in [0.717, 1.165) is 28.0 Å². The van der Waals surface area contributed by atoms with Gasteiger partial charge in [-0.05, 0) is 59.9 Å². The molecule has 0 aliphatic carbocycles. The molecule has 0 radical (unpaired) electrons. The van der Waals surface area contributed by atoms with Crippen LogP contribution < -0.4 is 0 Å². The minimum atomic E-state index is 0.470. The first kappa shape index (κ1) is 20.4. The summed E-state index contributed by atoms with van der Waals surface area (Å²) in [5, 5.41) is 2.29. The monoisotopic (exact) mass is 419 g/mol. The second-order valence-electron chi connectivity index (χ2n) is 9.21. The second kappa shape index (κ2) is 7.56. The van der Waals surface area contributed by atoms with Crippen LogP contribution in [0.15, 0.2) is 76.9 Å². The van der Waals surface area contributed by atoms with Crippen LogP contribution in [0.3, 0.4) is 0 Å². The molecule has 2 heterocycles. The molecule has 3 aromatic carbocycles. The Kier molecular flexibility index (Phi) is 4.82. The lowest BCUT2D eigenvalue weighted by Gasteiger charge is -2.23. The number of allylic oxidation sites excluding steroid dienone is 2. The van der Waals surface area contributed by atoms with Crippen molar-refractivity contribution in [3.8, 4) is 11.1 Å². The zero-order valence-electron chi connectivity index (χ0n) is 19.5. The van der Waals surface area contributed by atoms with Crippen LogP contribution in [0.4, 0.5) is 0 Å². The fraction of sp³-hybridized carbons (Fsp3) is 0.200. The predicted molar refractivity (Wildman–Crippen MR) is 135 cm³/mol. The fourth-order valence-corrected chi connectivity index (χ4v) is 4.76. The van der Waals surface area contributed by atoms with Gasteiger partial charge in [0.05, 0.1) is 6.72 Å². The standard InChI is InChI=1S/C30H29NO/c1-18(2)22-12-13-31(6)27(15-22)25-17-26-24-11-10-23(30-19(3)8-7-9-20(30)4)16-29(24)32-28(26)14-21(25)5/h7-18H,6H2,1-5H3. The molecule has 2 nitrogen and oxygen atoms in total. The van der Waals surface area contributed by atoms with E-state index in [1.54, 1.807) is 0 Å². The summed E-state index contributed by atoms with van der Waals surface area (Å²) in [4.78, 5) is 0. The van der Waals surface area contributed by atoms with Crippen molar-refractivity contribution in [1.29, 1.82) is 0 Å².